The van der Waals surface area contributed by atoms with Gasteiger partial charge in [0.25, 0.3) is 0 Å². The Balaban J connectivity index is 2.03. The summed E-state index contributed by atoms with van der Waals surface area (Å²) in [5.41, 5.74) is 1.19. The number of benzene rings is 1. The Kier molecular flexibility index (Phi) is 4.21. The molecule has 1 fully saturated rings. The number of hydrogen-bond donors (Lipinski definition) is 0. The van der Waals surface area contributed by atoms with E-state index in [1.807, 2.05) is 12.1 Å². The minimum atomic E-state index is -0.185. The third-order valence-corrected chi connectivity index (χ3v) is 3.64. The molecule has 0 unspecified atom stereocenters. The van der Waals surface area contributed by atoms with E-state index in [9.17, 15) is 4.39 Å². The van der Waals surface area contributed by atoms with Gasteiger partial charge in [-0.15, -0.1) is 0 Å². The first-order valence-corrected chi connectivity index (χ1v) is 7.03. The van der Waals surface area contributed by atoms with Crippen LogP contribution in [0.2, 0.25) is 0 Å². The van der Waals surface area contributed by atoms with E-state index in [0.29, 0.717) is 10.4 Å². The summed E-state index contributed by atoms with van der Waals surface area (Å²) in [5.74, 6) is 0.495. The topological polar surface area (TPSA) is 3.24 Å². The van der Waals surface area contributed by atoms with E-state index in [1.165, 1.54) is 18.4 Å². The van der Waals surface area contributed by atoms with Gasteiger partial charge in [-0.3, -0.25) is 4.90 Å². The van der Waals surface area contributed by atoms with Crippen LogP contribution in [0.5, 0.6) is 0 Å². The molecule has 0 bridgehead atoms. The Morgan fingerprint density at radius 1 is 1.41 bits per heavy atom. The lowest BCUT2D eigenvalue weighted by Gasteiger charge is -2.24. The van der Waals surface area contributed by atoms with Gasteiger partial charge < -0.3 is 0 Å². The molecule has 1 nitrogen and oxygen atoms in total. The second kappa shape index (κ2) is 5.49. The van der Waals surface area contributed by atoms with Crippen molar-refractivity contribution in [3.63, 3.8) is 0 Å². The summed E-state index contributed by atoms with van der Waals surface area (Å²) < 4.78 is 13.7. The molecule has 0 aliphatic heterocycles. The summed E-state index contributed by atoms with van der Waals surface area (Å²) in [7, 11) is 0. The highest BCUT2D eigenvalue weighted by Crippen LogP contribution is 2.29. The minimum Gasteiger partial charge on any atom is -0.296 e. The van der Waals surface area contributed by atoms with Crippen molar-refractivity contribution in [3.8, 4) is 0 Å². The van der Waals surface area contributed by atoms with Gasteiger partial charge in [0.2, 0.25) is 0 Å². The molecule has 2 rings (SSSR count). The molecular weight excluding hydrogens is 281 g/mol. The molecule has 1 saturated carbocycles. The molecule has 0 N–H and O–H groups in total. The highest BCUT2D eigenvalue weighted by atomic mass is 79.9. The predicted molar refractivity (Wildman–Crippen MR) is 72.4 cm³/mol. The van der Waals surface area contributed by atoms with Crippen molar-refractivity contribution in [1.82, 2.24) is 4.90 Å². The van der Waals surface area contributed by atoms with Gasteiger partial charge in [-0.25, -0.2) is 4.39 Å². The molecule has 0 radical (unpaired) electrons. The first-order valence-electron chi connectivity index (χ1n) is 6.24. The Labute approximate surface area is 111 Å². The molecule has 0 spiro atoms. The Morgan fingerprint density at radius 2 is 2.12 bits per heavy atom. The highest BCUT2D eigenvalue weighted by Gasteiger charge is 2.29. The fourth-order valence-corrected chi connectivity index (χ4v) is 2.55. The van der Waals surface area contributed by atoms with Crippen LogP contribution in [-0.2, 0) is 6.54 Å². The SMILES string of the molecule is CC(C)CN(Cc1ccc(F)c(Br)c1)C1CC1. The monoisotopic (exact) mass is 299 g/mol. The van der Waals surface area contributed by atoms with Crippen molar-refractivity contribution in [2.45, 2.75) is 39.3 Å². The van der Waals surface area contributed by atoms with Crippen LogP contribution in [0.4, 0.5) is 4.39 Å². The van der Waals surface area contributed by atoms with E-state index >= 15 is 0 Å². The Hall–Kier alpha value is -0.410. The summed E-state index contributed by atoms with van der Waals surface area (Å²) in [6.07, 6.45) is 2.63. The van der Waals surface area contributed by atoms with E-state index in [4.69, 9.17) is 0 Å². The van der Waals surface area contributed by atoms with Gasteiger partial charge in [-0.1, -0.05) is 19.9 Å². The fraction of sp³-hybridized carbons (Fsp3) is 0.571. The van der Waals surface area contributed by atoms with E-state index in [-0.39, 0.29) is 5.82 Å². The summed E-state index contributed by atoms with van der Waals surface area (Å²) in [4.78, 5) is 2.52. The molecule has 94 valence electrons. The van der Waals surface area contributed by atoms with E-state index in [1.54, 1.807) is 6.07 Å². The summed E-state index contributed by atoms with van der Waals surface area (Å²) >= 11 is 3.25. The smallest absolute Gasteiger partial charge is 0.137 e. The van der Waals surface area contributed by atoms with Crippen LogP contribution in [-0.4, -0.2) is 17.5 Å². The van der Waals surface area contributed by atoms with Crippen molar-refractivity contribution in [2.75, 3.05) is 6.54 Å². The normalized spacial score (nSPS) is 15.9. The number of halogens is 2. The molecule has 1 aromatic rings. The summed E-state index contributed by atoms with van der Waals surface area (Å²) in [6.45, 7) is 6.55. The zero-order chi connectivity index (χ0) is 12.4. The van der Waals surface area contributed by atoms with Crippen LogP contribution < -0.4 is 0 Å². The molecule has 0 aromatic heterocycles. The van der Waals surface area contributed by atoms with Gasteiger partial charge in [0.1, 0.15) is 5.82 Å². The Morgan fingerprint density at radius 3 is 2.65 bits per heavy atom. The number of rotatable bonds is 5. The second-order valence-electron chi connectivity index (χ2n) is 5.30. The molecule has 0 amide bonds. The average molecular weight is 300 g/mol. The largest absolute Gasteiger partial charge is 0.296 e. The molecule has 0 saturated heterocycles. The average Bonchev–Trinajstić information content (AvgIpc) is 3.05. The third-order valence-electron chi connectivity index (χ3n) is 3.03. The van der Waals surface area contributed by atoms with Gasteiger partial charge in [-0.2, -0.15) is 0 Å². The summed E-state index contributed by atoms with van der Waals surface area (Å²) in [5, 5.41) is 0. The standard InChI is InChI=1S/C14H19BrFN/c1-10(2)8-17(12-4-5-12)9-11-3-6-14(16)13(15)7-11/h3,6-7,10,12H,4-5,8-9H2,1-2H3. The minimum absolute atomic E-state index is 0.185. The molecule has 1 aliphatic rings. The van der Waals surface area contributed by atoms with Crippen LogP contribution in [0.15, 0.2) is 22.7 Å². The van der Waals surface area contributed by atoms with Crippen LogP contribution >= 0.6 is 15.9 Å². The maximum absolute atomic E-state index is 13.2. The van der Waals surface area contributed by atoms with Gasteiger partial charge >= 0.3 is 0 Å². The van der Waals surface area contributed by atoms with E-state index in [0.717, 1.165) is 19.1 Å². The second-order valence-corrected chi connectivity index (χ2v) is 6.16. The number of hydrogen-bond acceptors (Lipinski definition) is 1. The molecule has 3 heteroatoms. The molecule has 17 heavy (non-hydrogen) atoms. The van der Waals surface area contributed by atoms with Crippen LogP contribution in [0.1, 0.15) is 32.3 Å². The van der Waals surface area contributed by atoms with Crippen LogP contribution in [0, 0.1) is 11.7 Å². The zero-order valence-electron chi connectivity index (χ0n) is 10.4. The highest BCUT2D eigenvalue weighted by molar-refractivity contribution is 9.10. The quantitative estimate of drug-likeness (QED) is 0.787. The molecule has 1 aliphatic carbocycles. The molecule has 0 atom stereocenters. The zero-order valence-corrected chi connectivity index (χ0v) is 12.0. The predicted octanol–water partition coefficient (Wildman–Crippen LogP) is 4.21. The first-order chi connectivity index (χ1) is 8.06. The van der Waals surface area contributed by atoms with Crippen molar-refractivity contribution in [2.24, 2.45) is 5.92 Å². The van der Waals surface area contributed by atoms with Gasteiger partial charge in [0.15, 0.2) is 0 Å². The van der Waals surface area contributed by atoms with E-state index < -0.39 is 0 Å². The van der Waals surface area contributed by atoms with Crippen molar-refractivity contribution in [1.29, 1.82) is 0 Å². The van der Waals surface area contributed by atoms with E-state index in [2.05, 4.69) is 34.7 Å². The maximum Gasteiger partial charge on any atom is 0.137 e. The van der Waals surface area contributed by atoms with Gasteiger partial charge in [-0.05, 0) is 52.4 Å². The molecule has 0 heterocycles. The van der Waals surface area contributed by atoms with Crippen molar-refractivity contribution in [3.05, 3.63) is 34.1 Å². The fourth-order valence-electron chi connectivity index (χ4n) is 2.12. The van der Waals surface area contributed by atoms with Gasteiger partial charge in [0, 0.05) is 19.1 Å². The summed E-state index contributed by atoms with van der Waals surface area (Å²) in [6, 6.07) is 6.07. The van der Waals surface area contributed by atoms with Gasteiger partial charge in [0.05, 0.1) is 4.47 Å². The lowest BCUT2D eigenvalue weighted by Crippen LogP contribution is -2.29. The van der Waals surface area contributed by atoms with Crippen LogP contribution in [0.25, 0.3) is 0 Å². The number of nitrogens with zero attached hydrogens (tertiary/aromatic N) is 1. The first kappa shape index (κ1) is 13.0. The van der Waals surface area contributed by atoms with Crippen LogP contribution in [0.3, 0.4) is 0 Å². The van der Waals surface area contributed by atoms with Crippen molar-refractivity contribution < 1.29 is 4.39 Å². The third kappa shape index (κ3) is 3.78. The molecule has 1 aromatic carbocycles. The maximum atomic E-state index is 13.2. The Bertz CT molecular complexity index is 388. The van der Waals surface area contributed by atoms with Crippen molar-refractivity contribution >= 4 is 15.9 Å². The lowest BCUT2D eigenvalue weighted by molar-refractivity contribution is 0.226. The molecular formula is C14H19BrFN. The lowest BCUT2D eigenvalue weighted by atomic mass is 10.1.